The molecule has 1 aromatic carbocycles. The van der Waals surface area contributed by atoms with Gasteiger partial charge in [0.15, 0.2) is 5.96 Å². The second-order valence-electron chi connectivity index (χ2n) is 6.81. The Morgan fingerprint density at radius 1 is 1.28 bits per heavy atom. The maximum Gasteiger partial charge on any atom is 0.191 e. The molecule has 1 saturated carbocycles. The highest BCUT2D eigenvalue weighted by Crippen LogP contribution is 2.40. The van der Waals surface area contributed by atoms with Crippen LogP contribution in [0.15, 0.2) is 23.2 Å². The summed E-state index contributed by atoms with van der Waals surface area (Å²) in [5, 5.41) is 6.72. The fourth-order valence-corrected chi connectivity index (χ4v) is 3.38. The first-order valence-electron chi connectivity index (χ1n) is 8.77. The minimum Gasteiger partial charge on any atom is -0.385 e. The molecule has 0 unspecified atom stereocenters. The number of aryl methyl sites for hydroxylation is 1. The normalized spacial score (nSPS) is 16.4. The second-order valence-corrected chi connectivity index (χ2v) is 6.81. The molecule has 0 saturated heterocycles. The predicted octanol–water partition coefficient (Wildman–Crippen LogP) is 4.01. The van der Waals surface area contributed by atoms with E-state index in [0.717, 1.165) is 31.1 Å². The van der Waals surface area contributed by atoms with Crippen LogP contribution in [0.1, 0.15) is 43.2 Å². The molecule has 0 spiro atoms. The molecule has 0 bridgehead atoms. The van der Waals surface area contributed by atoms with Crippen molar-refractivity contribution in [1.29, 1.82) is 0 Å². The molecule has 142 valence electrons. The van der Waals surface area contributed by atoms with Crippen LogP contribution < -0.4 is 10.6 Å². The van der Waals surface area contributed by atoms with E-state index in [9.17, 15) is 4.39 Å². The molecular weight excluding hydrogens is 432 g/mol. The van der Waals surface area contributed by atoms with E-state index in [1.807, 2.05) is 6.07 Å². The van der Waals surface area contributed by atoms with Crippen molar-refractivity contribution in [3.05, 3.63) is 35.1 Å². The molecule has 1 aliphatic rings. The quantitative estimate of drug-likeness (QED) is 0.365. The van der Waals surface area contributed by atoms with Gasteiger partial charge in [0.1, 0.15) is 5.82 Å². The Hall–Kier alpha value is -0.890. The van der Waals surface area contributed by atoms with E-state index in [1.54, 1.807) is 33.2 Å². The minimum absolute atomic E-state index is 0. The van der Waals surface area contributed by atoms with Gasteiger partial charge in [0.25, 0.3) is 0 Å². The van der Waals surface area contributed by atoms with Crippen LogP contribution in [0.25, 0.3) is 0 Å². The number of hydrogen-bond donors (Lipinski definition) is 2. The first-order chi connectivity index (χ1) is 11.6. The SMILES string of the molecule is CN=C(NCc1ccc(C)c(F)c1)NCC1(CCOC)CCCC1.I. The van der Waals surface area contributed by atoms with Crippen LogP contribution in [0.3, 0.4) is 0 Å². The molecule has 1 aliphatic carbocycles. The summed E-state index contributed by atoms with van der Waals surface area (Å²) in [6.45, 7) is 4.03. The van der Waals surface area contributed by atoms with Gasteiger partial charge in [-0.25, -0.2) is 4.39 Å². The Balaban J connectivity index is 0.00000312. The van der Waals surface area contributed by atoms with E-state index < -0.39 is 0 Å². The highest BCUT2D eigenvalue weighted by molar-refractivity contribution is 14.0. The number of ether oxygens (including phenoxy) is 1. The van der Waals surface area contributed by atoms with E-state index in [1.165, 1.54) is 25.7 Å². The molecule has 1 fully saturated rings. The van der Waals surface area contributed by atoms with Crippen LogP contribution in [0.5, 0.6) is 0 Å². The van der Waals surface area contributed by atoms with Gasteiger partial charge in [0, 0.05) is 33.9 Å². The van der Waals surface area contributed by atoms with Crippen molar-refractivity contribution in [2.45, 2.75) is 45.6 Å². The first-order valence-corrected chi connectivity index (χ1v) is 8.77. The van der Waals surface area contributed by atoms with E-state index in [4.69, 9.17) is 4.74 Å². The zero-order valence-corrected chi connectivity index (χ0v) is 17.9. The van der Waals surface area contributed by atoms with Gasteiger partial charge in [-0.05, 0) is 48.8 Å². The average Bonchev–Trinajstić information content (AvgIpc) is 3.05. The standard InChI is InChI=1S/C19H30FN3O.HI/c1-15-6-7-16(12-17(15)20)13-22-18(21-2)23-14-19(10-11-24-3)8-4-5-9-19;/h6-7,12H,4-5,8-11,13-14H2,1-3H3,(H2,21,22,23);1H. The second kappa shape index (κ2) is 11.0. The van der Waals surface area contributed by atoms with Gasteiger partial charge < -0.3 is 15.4 Å². The number of methoxy groups -OCH3 is 1. The molecule has 0 radical (unpaired) electrons. The summed E-state index contributed by atoms with van der Waals surface area (Å²) in [6, 6.07) is 5.32. The molecule has 0 aliphatic heterocycles. The third-order valence-corrected chi connectivity index (χ3v) is 5.05. The molecule has 6 heteroatoms. The van der Waals surface area contributed by atoms with E-state index in [0.29, 0.717) is 17.5 Å². The van der Waals surface area contributed by atoms with E-state index in [-0.39, 0.29) is 29.8 Å². The van der Waals surface area contributed by atoms with Crippen LogP contribution in [0.4, 0.5) is 4.39 Å². The fraction of sp³-hybridized carbons (Fsp3) is 0.632. The predicted molar refractivity (Wildman–Crippen MR) is 112 cm³/mol. The van der Waals surface area contributed by atoms with Gasteiger partial charge in [-0.15, -0.1) is 24.0 Å². The summed E-state index contributed by atoms with van der Waals surface area (Å²) in [7, 11) is 3.53. The van der Waals surface area contributed by atoms with E-state index >= 15 is 0 Å². The summed E-state index contributed by atoms with van der Waals surface area (Å²) in [6.07, 6.45) is 6.14. The lowest BCUT2D eigenvalue weighted by atomic mass is 9.83. The van der Waals surface area contributed by atoms with Crippen molar-refractivity contribution in [1.82, 2.24) is 10.6 Å². The monoisotopic (exact) mass is 463 g/mol. The van der Waals surface area contributed by atoms with Crippen molar-refractivity contribution in [3.63, 3.8) is 0 Å². The maximum absolute atomic E-state index is 13.6. The third-order valence-electron chi connectivity index (χ3n) is 5.05. The lowest BCUT2D eigenvalue weighted by Crippen LogP contribution is -2.43. The summed E-state index contributed by atoms with van der Waals surface area (Å²) >= 11 is 0. The summed E-state index contributed by atoms with van der Waals surface area (Å²) in [4.78, 5) is 4.28. The smallest absolute Gasteiger partial charge is 0.191 e. The van der Waals surface area contributed by atoms with Crippen LogP contribution in [0.2, 0.25) is 0 Å². The molecule has 0 atom stereocenters. The van der Waals surface area contributed by atoms with Crippen molar-refractivity contribution in [2.75, 3.05) is 27.3 Å². The Morgan fingerprint density at radius 2 is 2.00 bits per heavy atom. The zero-order chi connectivity index (χ0) is 17.4. The minimum atomic E-state index is -0.165. The molecule has 0 heterocycles. The highest BCUT2D eigenvalue weighted by atomic mass is 127. The van der Waals surface area contributed by atoms with Crippen LogP contribution in [0, 0.1) is 18.2 Å². The lowest BCUT2D eigenvalue weighted by Gasteiger charge is -2.30. The number of aliphatic imine (C=N–C) groups is 1. The summed E-state index contributed by atoms with van der Waals surface area (Å²) in [5.41, 5.74) is 1.89. The van der Waals surface area contributed by atoms with Gasteiger partial charge in [-0.1, -0.05) is 25.0 Å². The molecule has 2 rings (SSSR count). The molecule has 2 N–H and O–H groups in total. The maximum atomic E-state index is 13.6. The van der Waals surface area contributed by atoms with Crippen molar-refractivity contribution >= 4 is 29.9 Å². The topological polar surface area (TPSA) is 45.7 Å². The number of guanidine groups is 1. The van der Waals surface area contributed by atoms with Crippen LogP contribution in [-0.2, 0) is 11.3 Å². The Kier molecular flexibility index (Phi) is 9.71. The molecule has 0 aromatic heterocycles. The Morgan fingerprint density at radius 3 is 2.60 bits per heavy atom. The number of halogens is 2. The number of benzene rings is 1. The number of nitrogens with zero attached hydrogens (tertiary/aromatic N) is 1. The van der Waals surface area contributed by atoms with Crippen molar-refractivity contribution < 1.29 is 9.13 Å². The van der Waals surface area contributed by atoms with Crippen LogP contribution >= 0.6 is 24.0 Å². The Bertz CT molecular complexity index is 560. The number of nitrogens with one attached hydrogen (secondary N) is 2. The van der Waals surface area contributed by atoms with Gasteiger partial charge >= 0.3 is 0 Å². The molecule has 1 aromatic rings. The van der Waals surface area contributed by atoms with Gasteiger partial charge in [-0.2, -0.15) is 0 Å². The van der Waals surface area contributed by atoms with Crippen LogP contribution in [-0.4, -0.2) is 33.3 Å². The van der Waals surface area contributed by atoms with E-state index in [2.05, 4.69) is 15.6 Å². The molecule has 25 heavy (non-hydrogen) atoms. The molecule has 4 nitrogen and oxygen atoms in total. The average molecular weight is 463 g/mol. The van der Waals surface area contributed by atoms with Gasteiger partial charge in [-0.3, -0.25) is 4.99 Å². The third kappa shape index (κ3) is 6.73. The fourth-order valence-electron chi connectivity index (χ4n) is 3.38. The van der Waals surface area contributed by atoms with Gasteiger partial charge in [0.05, 0.1) is 0 Å². The van der Waals surface area contributed by atoms with Crippen molar-refractivity contribution in [3.8, 4) is 0 Å². The van der Waals surface area contributed by atoms with Crippen molar-refractivity contribution in [2.24, 2.45) is 10.4 Å². The Labute approximate surface area is 168 Å². The highest BCUT2D eigenvalue weighted by Gasteiger charge is 2.33. The largest absolute Gasteiger partial charge is 0.385 e. The molecule has 0 amide bonds. The summed E-state index contributed by atoms with van der Waals surface area (Å²) in [5.74, 6) is 0.599. The molecular formula is C19H31FIN3O. The number of rotatable bonds is 7. The lowest BCUT2D eigenvalue weighted by molar-refractivity contribution is 0.138. The first kappa shape index (κ1) is 22.2. The van der Waals surface area contributed by atoms with Gasteiger partial charge in [0.2, 0.25) is 0 Å². The summed E-state index contributed by atoms with van der Waals surface area (Å²) < 4.78 is 18.9. The zero-order valence-electron chi connectivity index (χ0n) is 15.5. The number of hydrogen-bond acceptors (Lipinski definition) is 2.